The van der Waals surface area contributed by atoms with Gasteiger partial charge in [0.1, 0.15) is 5.82 Å². The first-order chi connectivity index (χ1) is 10.9. The molecule has 0 radical (unpaired) electrons. The third-order valence-electron chi connectivity index (χ3n) is 4.29. The molecule has 1 aromatic heterocycles. The molecule has 1 aliphatic carbocycles. The molecule has 2 aromatic rings. The molecule has 1 atom stereocenters. The van der Waals surface area contributed by atoms with Gasteiger partial charge in [0, 0.05) is 19.8 Å². The van der Waals surface area contributed by atoms with E-state index in [1.54, 1.807) is 29.9 Å². The summed E-state index contributed by atoms with van der Waals surface area (Å²) in [4.78, 5) is 4.02. The van der Waals surface area contributed by atoms with Crippen LogP contribution < -0.4 is 0 Å². The first-order valence-corrected chi connectivity index (χ1v) is 9.12. The van der Waals surface area contributed by atoms with E-state index in [1.165, 1.54) is 22.8 Å². The summed E-state index contributed by atoms with van der Waals surface area (Å²) in [7, 11) is -2.11. The van der Waals surface area contributed by atoms with Crippen LogP contribution in [0.5, 0.6) is 0 Å². The summed E-state index contributed by atoms with van der Waals surface area (Å²) < 4.78 is 42.0. The Morgan fingerprint density at radius 2 is 2.00 bits per heavy atom. The molecule has 0 amide bonds. The van der Waals surface area contributed by atoms with E-state index in [4.69, 9.17) is 0 Å². The molecule has 1 fully saturated rings. The SMILES string of the molecule is CCn1cnc(S(=O)(=O)N(C)[C@H](c2ccc(F)cc2)C2CC2)c1. The first-order valence-electron chi connectivity index (χ1n) is 7.68. The van der Waals surface area contributed by atoms with Gasteiger partial charge in [-0.15, -0.1) is 0 Å². The molecule has 1 aromatic carbocycles. The van der Waals surface area contributed by atoms with Crippen molar-refractivity contribution in [1.29, 1.82) is 0 Å². The third-order valence-corrected chi connectivity index (χ3v) is 6.01. The van der Waals surface area contributed by atoms with Gasteiger partial charge >= 0.3 is 0 Å². The maximum Gasteiger partial charge on any atom is 0.262 e. The van der Waals surface area contributed by atoms with E-state index in [0.29, 0.717) is 6.54 Å². The average Bonchev–Trinajstić information content (AvgIpc) is 3.24. The third kappa shape index (κ3) is 3.16. The van der Waals surface area contributed by atoms with E-state index in [-0.39, 0.29) is 22.8 Å². The number of benzene rings is 1. The van der Waals surface area contributed by atoms with Gasteiger partial charge in [0.2, 0.25) is 0 Å². The van der Waals surface area contributed by atoms with Crippen molar-refractivity contribution in [3.05, 3.63) is 48.2 Å². The minimum absolute atomic E-state index is 0.0506. The quantitative estimate of drug-likeness (QED) is 0.814. The van der Waals surface area contributed by atoms with Crippen LogP contribution in [0.4, 0.5) is 4.39 Å². The van der Waals surface area contributed by atoms with Crippen molar-refractivity contribution in [2.75, 3.05) is 7.05 Å². The molecule has 1 aliphatic rings. The van der Waals surface area contributed by atoms with Gasteiger partial charge in [-0.1, -0.05) is 12.1 Å². The van der Waals surface area contributed by atoms with E-state index >= 15 is 0 Å². The van der Waals surface area contributed by atoms with Crippen LogP contribution in [0.15, 0.2) is 41.8 Å². The molecule has 5 nitrogen and oxygen atoms in total. The Morgan fingerprint density at radius 1 is 1.35 bits per heavy atom. The van der Waals surface area contributed by atoms with Crippen LogP contribution in [0.1, 0.15) is 31.4 Å². The van der Waals surface area contributed by atoms with Crippen LogP contribution in [-0.2, 0) is 16.6 Å². The summed E-state index contributed by atoms with van der Waals surface area (Å²) in [5, 5.41) is 0.0506. The lowest BCUT2D eigenvalue weighted by atomic mass is 10.0. The highest BCUT2D eigenvalue weighted by Crippen LogP contribution is 2.45. The Balaban J connectivity index is 1.94. The smallest absolute Gasteiger partial charge is 0.262 e. The second-order valence-electron chi connectivity index (χ2n) is 5.90. The fraction of sp³-hybridized carbons (Fsp3) is 0.438. The zero-order valence-corrected chi connectivity index (χ0v) is 14.0. The Bertz CT molecular complexity index is 782. The van der Waals surface area contributed by atoms with E-state index in [2.05, 4.69) is 4.98 Å². The van der Waals surface area contributed by atoms with E-state index < -0.39 is 10.0 Å². The molecule has 0 spiro atoms. The fourth-order valence-corrected chi connectivity index (χ4v) is 4.13. The van der Waals surface area contributed by atoms with E-state index in [1.807, 2.05) is 6.92 Å². The van der Waals surface area contributed by atoms with Crippen LogP contribution in [0.25, 0.3) is 0 Å². The molecule has 0 saturated heterocycles. The second-order valence-corrected chi connectivity index (χ2v) is 7.84. The highest BCUT2D eigenvalue weighted by atomic mass is 32.2. The lowest BCUT2D eigenvalue weighted by Crippen LogP contribution is -2.32. The molecule has 0 aliphatic heterocycles. The summed E-state index contributed by atoms with van der Waals surface area (Å²) in [5.74, 6) is -0.0519. The summed E-state index contributed by atoms with van der Waals surface area (Å²) in [6.45, 7) is 2.59. The number of hydrogen-bond acceptors (Lipinski definition) is 3. The first kappa shape index (κ1) is 16.1. The summed E-state index contributed by atoms with van der Waals surface area (Å²) in [5.41, 5.74) is 0.815. The van der Waals surface area contributed by atoms with Gasteiger partial charge in [0.25, 0.3) is 10.0 Å². The van der Waals surface area contributed by atoms with Crippen molar-refractivity contribution in [3.8, 4) is 0 Å². The molecule has 1 saturated carbocycles. The lowest BCUT2D eigenvalue weighted by molar-refractivity contribution is 0.341. The average molecular weight is 337 g/mol. The molecule has 0 unspecified atom stereocenters. The number of aryl methyl sites for hydroxylation is 1. The molecule has 0 N–H and O–H groups in total. The molecule has 23 heavy (non-hydrogen) atoms. The van der Waals surface area contributed by atoms with Crippen molar-refractivity contribution in [2.45, 2.75) is 37.4 Å². The number of sulfonamides is 1. The second kappa shape index (κ2) is 6.05. The Labute approximate surface area is 135 Å². The molecule has 3 rings (SSSR count). The van der Waals surface area contributed by atoms with Crippen LogP contribution in [0, 0.1) is 11.7 Å². The van der Waals surface area contributed by atoms with Crippen molar-refractivity contribution >= 4 is 10.0 Å². The van der Waals surface area contributed by atoms with Gasteiger partial charge in [-0.25, -0.2) is 17.8 Å². The monoisotopic (exact) mass is 337 g/mol. The number of halogens is 1. The van der Waals surface area contributed by atoms with Crippen molar-refractivity contribution in [2.24, 2.45) is 5.92 Å². The molecule has 124 valence electrons. The topological polar surface area (TPSA) is 55.2 Å². The van der Waals surface area contributed by atoms with Crippen molar-refractivity contribution < 1.29 is 12.8 Å². The van der Waals surface area contributed by atoms with E-state index in [0.717, 1.165) is 18.4 Å². The highest BCUT2D eigenvalue weighted by Gasteiger charge is 2.40. The number of imidazole rings is 1. The number of rotatable bonds is 6. The molecule has 1 heterocycles. The lowest BCUT2D eigenvalue weighted by Gasteiger charge is -2.27. The highest BCUT2D eigenvalue weighted by molar-refractivity contribution is 7.89. The standard InChI is InChI=1S/C16H20FN3O2S/c1-3-20-10-15(18-11-20)23(21,22)19(2)16(12-4-5-12)13-6-8-14(17)9-7-13/h6-12,16H,3-5H2,1-2H3/t16-/m0/s1. The number of aromatic nitrogens is 2. The van der Waals surface area contributed by atoms with Gasteiger partial charge in [-0.3, -0.25) is 0 Å². The largest absolute Gasteiger partial charge is 0.336 e. The zero-order chi connectivity index (χ0) is 16.6. The maximum atomic E-state index is 13.2. The van der Waals surface area contributed by atoms with Crippen molar-refractivity contribution in [3.63, 3.8) is 0 Å². The minimum Gasteiger partial charge on any atom is -0.336 e. The summed E-state index contributed by atoms with van der Waals surface area (Å²) in [6, 6.07) is 5.78. The van der Waals surface area contributed by atoms with Crippen molar-refractivity contribution in [1.82, 2.24) is 13.9 Å². The molecule has 7 heteroatoms. The van der Waals surface area contributed by atoms with Crippen LogP contribution in [0.2, 0.25) is 0 Å². The van der Waals surface area contributed by atoms with Crippen LogP contribution in [-0.4, -0.2) is 29.3 Å². The maximum absolute atomic E-state index is 13.2. The van der Waals surface area contributed by atoms with Gasteiger partial charge in [-0.05, 0) is 43.4 Å². The Hall–Kier alpha value is -1.73. The fourth-order valence-electron chi connectivity index (χ4n) is 2.79. The Morgan fingerprint density at radius 3 is 2.52 bits per heavy atom. The summed E-state index contributed by atoms with van der Waals surface area (Å²) in [6.07, 6.45) is 5.02. The Kier molecular flexibility index (Phi) is 4.25. The van der Waals surface area contributed by atoms with Gasteiger partial charge in [-0.2, -0.15) is 4.31 Å². The van der Waals surface area contributed by atoms with E-state index in [9.17, 15) is 12.8 Å². The van der Waals surface area contributed by atoms with Gasteiger partial charge in [0.15, 0.2) is 5.03 Å². The predicted octanol–water partition coefficient (Wildman–Crippen LogP) is 2.81. The van der Waals surface area contributed by atoms with Crippen LogP contribution in [0.3, 0.4) is 0 Å². The summed E-state index contributed by atoms with van der Waals surface area (Å²) >= 11 is 0. The molecular formula is C16H20FN3O2S. The predicted molar refractivity (Wildman–Crippen MR) is 84.7 cm³/mol. The number of nitrogens with zero attached hydrogens (tertiary/aromatic N) is 3. The zero-order valence-electron chi connectivity index (χ0n) is 13.2. The van der Waals surface area contributed by atoms with Crippen LogP contribution >= 0.6 is 0 Å². The molecule has 0 bridgehead atoms. The van der Waals surface area contributed by atoms with Gasteiger partial charge in [0.05, 0.1) is 12.4 Å². The number of hydrogen-bond donors (Lipinski definition) is 0. The minimum atomic E-state index is -3.68. The molecular weight excluding hydrogens is 317 g/mol. The normalized spacial score (nSPS) is 16.7. The van der Waals surface area contributed by atoms with Gasteiger partial charge < -0.3 is 4.57 Å².